The average molecular weight is 228 g/mol. The van der Waals surface area contributed by atoms with Crippen molar-refractivity contribution in [1.82, 2.24) is 10.2 Å². The Morgan fingerprint density at radius 1 is 1.31 bits per heavy atom. The molecule has 1 fully saturated rings. The first-order valence-corrected chi connectivity index (χ1v) is 5.68. The molecule has 0 spiro atoms. The number of carbonyl (C=O) groups excluding carboxylic acids is 1. The highest BCUT2D eigenvalue weighted by atomic mass is 16.4. The summed E-state index contributed by atoms with van der Waals surface area (Å²) in [5.74, 6) is -1.28. The number of carbonyl (C=O) groups is 2. The number of piperidine rings is 1. The van der Waals surface area contributed by atoms with Crippen molar-refractivity contribution in [2.24, 2.45) is 0 Å². The highest BCUT2D eigenvalue weighted by molar-refractivity contribution is 5.85. The summed E-state index contributed by atoms with van der Waals surface area (Å²) < 4.78 is 0. The van der Waals surface area contributed by atoms with E-state index in [9.17, 15) is 14.7 Å². The summed E-state index contributed by atoms with van der Waals surface area (Å²) in [7, 11) is 0. The van der Waals surface area contributed by atoms with Crippen LogP contribution in [-0.2, 0) is 9.59 Å². The van der Waals surface area contributed by atoms with Gasteiger partial charge in [0.1, 0.15) is 5.54 Å². The second kappa shape index (κ2) is 5.30. The first kappa shape index (κ1) is 13.0. The van der Waals surface area contributed by atoms with Crippen LogP contribution >= 0.6 is 0 Å². The molecular formula is C11H20N2O3. The van der Waals surface area contributed by atoms with E-state index in [0.717, 1.165) is 25.9 Å². The van der Waals surface area contributed by atoms with Crippen molar-refractivity contribution in [3.63, 3.8) is 0 Å². The number of carboxylic acids is 1. The molecule has 1 heterocycles. The quantitative estimate of drug-likeness (QED) is 0.733. The van der Waals surface area contributed by atoms with E-state index in [0.29, 0.717) is 6.54 Å². The summed E-state index contributed by atoms with van der Waals surface area (Å²) in [6.45, 7) is 5.12. The van der Waals surface area contributed by atoms with E-state index in [4.69, 9.17) is 0 Å². The molecule has 1 rings (SSSR count). The molecule has 5 nitrogen and oxygen atoms in total. The molecular weight excluding hydrogens is 208 g/mol. The minimum atomic E-state index is -1.18. The van der Waals surface area contributed by atoms with Crippen LogP contribution < -0.4 is 5.32 Å². The Bertz CT molecular complexity index is 274. The first-order valence-electron chi connectivity index (χ1n) is 5.68. The fraction of sp³-hybridized carbons (Fsp3) is 0.818. The van der Waals surface area contributed by atoms with Gasteiger partial charge in [0.2, 0.25) is 5.91 Å². The lowest BCUT2D eigenvalue weighted by molar-refractivity contribution is -0.147. The van der Waals surface area contributed by atoms with Crippen LogP contribution in [0.3, 0.4) is 0 Å². The van der Waals surface area contributed by atoms with Crippen LogP contribution in [0, 0.1) is 0 Å². The summed E-state index contributed by atoms with van der Waals surface area (Å²) in [4.78, 5) is 24.3. The van der Waals surface area contributed by atoms with Gasteiger partial charge in [-0.1, -0.05) is 6.42 Å². The van der Waals surface area contributed by atoms with Gasteiger partial charge in [-0.2, -0.15) is 0 Å². The van der Waals surface area contributed by atoms with Crippen molar-refractivity contribution in [3.8, 4) is 0 Å². The van der Waals surface area contributed by atoms with Crippen molar-refractivity contribution < 1.29 is 14.7 Å². The second-order valence-corrected chi connectivity index (χ2v) is 4.66. The normalized spacial score (nSPS) is 21.1. The van der Waals surface area contributed by atoms with Crippen LogP contribution in [0.25, 0.3) is 0 Å². The highest BCUT2D eigenvalue weighted by Crippen LogP contribution is 2.14. The van der Waals surface area contributed by atoms with Gasteiger partial charge in [-0.3, -0.25) is 4.79 Å². The minimum Gasteiger partial charge on any atom is -0.479 e. The molecule has 0 aliphatic carbocycles. The molecule has 0 aromatic rings. The van der Waals surface area contributed by atoms with Crippen molar-refractivity contribution >= 4 is 11.9 Å². The van der Waals surface area contributed by atoms with E-state index in [2.05, 4.69) is 10.2 Å². The summed E-state index contributed by atoms with van der Waals surface area (Å²) >= 11 is 0. The Kier molecular flexibility index (Phi) is 4.29. The number of hydrogen-bond donors (Lipinski definition) is 2. The lowest BCUT2D eigenvalue weighted by atomic mass is 10.00. The molecule has 1 saturated heterocycles. The van der Waals surface area contributed by atoms with Crippen LogP contribution in [0.4, 0.5) is 0 Å². The van der Waals surface area contributed by atoms with Crippen molar-refractivity contribution in [3.05, 3.63) is 0 Å². The van der Waals surface area contributed by atoms with Gasteiger partial charge < -0.3 is 15.3 Å². The second-order valence-electron chi connectivity index (χ2n) is 4.66. The van der Waals surface area contributed by atoms with Crippen LogP contribution in [0.2, 0.25) is 0 Å². The Balaban J connectivity index is 2.62. The largest absolute Gasteiger partial charge is 0.479 e. The summed E-state index contributed by atoms with van der Waals surface area (Å²) in [6.07, 6.45) is 3.42. The topological polar surface area (TPSA) is 69.6 Å². The van der Waals surface area contributed by atoms with Gasteiger partial charge in [-0.15, -0.1) is 0 Å². The number of rotatable bonds is 4. The van der Waals surface area contributed by atoms with Crippen molar-refractivity contribution in [2.75, 3.05) is 19.6 Å². The van der Waals surface area contributed by atoms with Gasteiger partial charge in [0, 0.05) is 13.5 Å². The maximum absolute atomic E-state index is 11.2. The highest BCUT2D eigenvalue weighted by Gasteiger charge is 2.36. The number of amides is 1. The van der Waals surface area contributed by atoms with E-state index >= 15 is 0 Å². The van der Waals surface area contributed by atoms with Crippen LogP contribution in [0.5, 0.6) is 0 Å². The van der Waals surface area contributed by atoms with Gasteiger partial charge in [0.05, 0.1) is 0 Å². The van der Waals surface area contributed by atoms with Gasteiger partial charge in [0.25, 0.3) is 0 Å². The summed E-state index contributed by atoms with van der Waals surface area (Å²) in [5.41, 5.74) is -1.18. The van der Waals surface area contributed by atoms with E-state index in [1.807, 2.05) is 0 Å². The zero-order valence-corrected chi connectivity index (χ0v) is 9.95. The third-order valence-corrected chi connectivity index (χ3v) is 2.91. The van der Waals surface area contributed by atoms with E-state index in [-0.39, 0.29) is 5.91 Å². The molecule has 1 amide bonds. The zero-order valence-electron chi connectivity index (χ0n) is 9.95. The number of nitrogens with one attached hydrogen (secondary N) is 1. The lowest BCUT2D eigenvalue weighted by Gasteiger charge is -2.34. The molecule has 0 aromatic heterocycles. The van der Waals surface area contributed by atoms with E-state index in [1.165, 1.54) is 13.3 Å². The Morgan fingerprint density at radius 2 is 1.88 bits per heavy atom. The van der Waals surface area contributed by atoms with Crippen LogP contribution in [0.1, 0.15) is 33.1 Å². The molecule has 2 N–H and O–H groups in total. The Labute approximate surface area is 95.8 Å². The first-order chi connectivity index (χ1) is 7.44. The standard InChI is InChI=1S/C11H20N2O3/c1-9(14)12-11(2,10(15)16)8-13-6-4-3-5-7-13/h3-8H2,1-2H3,(H,12,14)(H,15,16). The molecule has 1 atom stereocenters. The number of carboxylic acid groups (broad SMARTS) is 1. The zero-order chi connectivity index (χ0) is 12.2. The third-order valence-electron chi connectivity index (χ3n) is 2.91. The number of likely N-dealkylation sites (tertiary alicyclic amines) is 1. The number of aliphatic carboxylic acids is 1. The molecule has 1 aliphatic heterocycles. The van der Waals surface area contributed by atoms with Gasteiger partial charge in [-0.05, 0) is 32.9 Å². The molecule has 1 aliphatic rings. The molecule has 0 radical (unpaired) electrons. The maximum atomic E-state index is 11.2. The fourth-order valence-corrected chi connectivity index (χ4v) is 2.11. The third kappa shape index (κ3) is 3.48. The van der Waals surface area contributed by atoms with Gasteiger partial charge in [-0.25, -0.2) is 4.79 Å². The average Bonchev–Trinajstić information content (AvgIpc) is 2.17. The molecule has 5 heteroatoms. The molecule has 0 aromatic carbocycles. The number of hydrogen-bond acceptors (Lipinski definition) is 3. The fourth-order valence-electron chi connectivity index (χ4n) is 2.11. The summed E-state index contributed by atoms with van der Waals surface area (Å²) in [6, 6.07) is 0. The predicted octanol–water partition coefficient (Wildman–Crippen LogP) is 0.452. The molecule has 1 unspecified atom stereocenters. The molecule has 0 saturated carbocycles. The number of nitrogens with zero attached hydrogens (tertiary/aromatic N) is 1. The Hall–Kier alpha value is -1.10. The smallest absolute Gasteiger partial charge is 0.330 e. The van der Waals surface area contributed by atoms with E-state index < -0.39 is 11.5 Å². The van der Waals surface area contributed by atoms with Crippen LogP contribution in [-0.4, -0.2) is 47.1 Å². The molecule has 92 valence electrons. The maximum Gasteiger partial charge on any atom is 0.330 e. The predicted molar refractivity (Wildman–Crippen MR) is 60.1 cm³/mol. The molecule has 0 bridgehead atoms. The van der Waals surface area contributed by atoms with Gasteiger partial charge in [0.15, 0.2) is 0 Å². The lowest BCUT2D eigenvalue weighted by Crippen LogP contribution is -2.58. The van der Waals surface area contributed by atoms with Crippen molar-refractivity contribution in [2.45, 2.75) is 38.6 Å². The van der Waals surface area contributed by atoms with Crippen LogP contribution in [0.15, 0.2) is 0 Å². The monoisotopic (exact) mass is 228 g/mol. The SMILES string of the molecule is CC(=O)NC(C)(CN1CCCCC1)C(=O)O. The summed E-state index contributed by atoms with van der Waals surface area (Å²) in [5, 5.41) is 11.7. The van der Waals surface area contributed by atoms with Crippen molar-refractivity contribution in [1.29, 1.82) is 0 Å². The van der Waals surface area contributed by atoms with E-state index in [1.54, 1.807) is 6.92 Å². The molecule has 16 heavy (non-hydrogen) atoms. The minimum absolute atomic E-state index is 0.304. The van der Waals surface area contributed by atoms with Gasteiger partial charge >= 0.3 is 5.97 Å². The Morgan fingerprint density at radius 3 is 2.31 bits per heavy atom.